The fraction of sp³-hybridized carbons (Fsp3) is 0.188. The van der Waals surface area contributed by atoms with Crippen LogP contribution in [0.5, 0.6) is 0 Å². The van der Waals surface area contributed by atoms with Crippen molar-refractivity contribution >= 4 is 0 Å². The monoisotopic (exact) mass is 239 g/mol. The molecule has 1 unspecified atom stereocenters. The molecule has 1 aromatic heterocycles. The third-order valence-electron chi connectivity index (χ3n) is 2.92. The van der Waals surface area contributed by atoms with E-state index in [9.17, 15) is 5.11 Å². The fourth-order valence-corrected chi connectivity index (χ4v) is 1.96. The Morgan fingerprint density at radius 2 is 1.94 bits per heavy atom. The van der Waals surface area contributed by atoms with Gasteiger partial charge in [0.05, 0.1) is 0 Å². The Kier molecular flexibility index (Phi) is 4.26. The number of allylic oxidation sites excluding steroid dienone is 1. The molecule has 18 heavy (non-hydrogen) atoms. The molecule has 1 heterocycles. The zero-order valence-corrected chi connectivity index (χ0v) is 10.3. The maximum Gasteiger partial charge on any atom is 0.106 e. The van der Waals surface area contributed by atoms with Crippen LogP contribution in [0.15, 0.2) is 61.3 Å². The summed E-state index contributed by atoms with van der Waals surface area (Å²) in [5.74, 6) is 0. The molecule has 2 nitrogen and oxygen atoms in total. The lowest BCUT2D eigenvalue weighted by atomic mass is 9.98. The second kappa shape index (κ2) is 6.12. The third kappa shape index (κ3) is 2.84. The number of pyridine rings is 1. The van der Waals surface area contributed by atoms with Gasteiger partial charge < -0.3 is 5.11 Å². The average Bonchev–Trinajstić information content (AvgIpc) is 2.45. The zero-order chi connectivity index (χ0) is 12.8. The maximum absolute atomic E-state index is 10.4. The molecule has 92 valence electrons. The summed E-state index contributed by atoms with van der Waals surface area (Å²) in [6.07, 6.45) is 4.70. The van der Waals surface area contributed by atoms with Gasteiger partial charge in [-0.1, -0.05) is 42.5 Å². The lowest BCUT2D eigenvalue weighted by Gasteiger charge is -2.14. The molecule has 0 fully saturated rings. The standard InChI is InChI=1S/C16H17NO/c1-2-3-11-15-14(10-7-12-17-15)16(18)13-8-5-4-6-9-13/h2,4-10,12,16,18H,1,3,11H2. The van der Waals surface area contributed by atoms with E-state index >= 15 is 0 Å². The molecular weight excluding hydrogens is 222 g/mol. The van der Waals surface area contributed by atoms with Crippen LogP contribution >= 0.6 is 0 Å². The molecule has 0 saturated carbocycles. The van der Waals surface area contributed by atoms with Gasteiger partial charge >= 0.3 is 0 Å². The first-order valence-corrected chi connectivity index (χ1v) is 6.10. The Morgan fingerprint density at radius 1 is 1.17 bits per heavy atom. The minimum atomic E-state index is -0.611. The number of hydrogen-bond donors (Lipinski definition) is 1. The molecule has 0 aliphatic carbocycles. The van der Waals surface area contributed by atoms with Crippen LogP contribution in [0, 0.1) is 0 Å². The van der Waals surface area contributed by atoms with Crippen LogP contribution in [0.2, 0.25) is 0 Å². The predicted octanol–water partition coefficient (Wildman–Crippen LogP) is 3.28. The van der Waals surface area contributed by atoms with Crippen molar-refractivity contribution in [2.45, 2.75) is 18.9 Å². The van der Waals surface area contributed by atoms with E-state index in [1.54, 1.807) is 6.20 Å². The smallest absolute Gasteiger partial charge is 0.106 e. The predicted molar refractivity (Wildman–Crippen MR) is 73.3 cm³/mol. The quantitative estimate of drug-likeness (QED) is 0.812. The number of benzene rings is 1. The molecule has 0 bridgehead atoms. The van der Waals surface area contributed by atoms with Gasteiger partial charge in [0.15, 0.2) is 0 Å². The summed E-state index contributed by atoms with van der Waals surface area (Å²) in [5, 5.41) is 10.4. The summed E-state index contributed by atoms with van der Waals surface area (Å²) in [5.41, 5.74) is 2.71. The average molecular weight is 239 g/mol. The normalized spacial score (nSPS) is 12.1. The van der Waals surface area contributed by atoms with Crippen LogP contribution < -0.4 is 0 Å². The van der Waals surface area contributed by atoms with Gasteiger partial charge in [-0.2, -0.15) is 0 Å². The Labute approximate surface area is 108 Å². The molecule has 0 spiro atoms. The van der Waals surface area contributed by atoms with E-state index in [0.29, 0.717) is 0 Å². The number of aromatic nitrogens is 1. The molecule has 1 N–H and O–H groups in total. The van der Waals surface area contributed by atoms with E-state index in [2.05, 4.69) is 11.6 Å². The first-order chi connectivity index (χ1) is 8.83. The van der Waals surface area contributed by atoms with Crippen molar-refractivity contribution in [3.63, 3.8) is 0 Å². The molecule has 1 atom stereocenters. The summed E-state index contributed by atoms with van der Waals surface area (Å²) in [6.45, 7) is 3.72. The van der Waals surface area contributed by atoms with Crippen LogP contribution in [-0.4, -0.2) is 10.1 Å². The SMILES string of the molecule is C=CCCc1ncccc1C(O)c1ccccc1. The topological polar surface area (TPSA) is 33.1 Å². The molecule has 0 saturated heterocycles. The van der Waals surface area contributed by atoms with E-state index in [4.69, 9.17) is 0 Å². The highest BCUT2D eigenvalue weighted by Crippen LogP contribution is 2.24. The van der Waals surface area contributed by atoms with Crippen molar-refractivity contribution in [2.75, 3.05) is 0 Å². The number of rotatable bonds is 5. The summed E-state index contributed by atoms with van der Waals surface area (Å²) in [4.78, 5) is 4.36. The van der Waals surface area contributed by atoms with E-state index in [0.717, 1.165) is 29.7 Å². The van der Waals surface area contributed by atoms with Gasteiger partial charge in [-0.05, 0) is 24.5 Å². The lowest BCUT2D eigenvalue weighted by molar-refractivity contribution is 0.218. The third-order valence-corrected chi connectivity index (χ3v) is 2.92. The lowest BCUT2D eigenvalue weighted by Crippen LogP contribution is -2.05. The summed E-state index contributed by atoms with van der Waals surface area (Å²) in [6, 6.07) is 13.4. The number of aryl methyl sites for hydroxylation is 1. The number of aliphatic hydroxyl groups is 1. The highest BCUT2D eigenvalue weighted by Gasteiger charge is 2.14. The molecule has 0 aliphatic rings. The molecule has 2 heteroatoms. The minimum Gasteiger partial charge on any atom is -0.384 e. The van der Waals surface area contributed by atoms with Gasteiger partial charge in [0, 0.05) is 17.5 Å². The van der Waals surface area contributed by atoms with Crippen molar-refractivity contribution in [3.8, 4) is 0 Å². The van der Waals surface area contributed by atoms with Crippen LogP contribution in [0.25, 0.3) is 0 Å². The minimum absolute atomic E-state index is 0.611. The van der Waals surface area contributed by atoms with Crippen molar-refractivity contribution in [2.24, 2.45) is 0 Å². The summed E-state index contributed by atoms with van der Waals surface area (Å²) >= 11 is 0. The van der Waals surface area contributed by atoms with E-state index < -0.39 is 6.10 Å². The van der Waals surface area contributed by atoms with Crippen LogP contribution in [0.1, 0.15) is 29.3 Å². The van der Waals surface area contributed by atoms with Gasteiger partial charge in [0.1, 0.15) is 6.10 Å². The molecule has 0 aliphatic heterocycles. The largest absolute Gasteiger partial charge is 0.384 e. The van der Waals surface area contributed by atoms with Crippen LogP contribution in [-0.2, 0) is 6.42 Å². The maximum atomic E-state index is 10.4. The molecule has 0 radical (unpaired) electrons. The molecular formula is C16H17NO. The summed E-state index contributed by atoms with van der Waals surface area (Å²) in [7, 11) is 0. The Hall–Kier alpha value is -1.93. The van der Waals surface area contributed by atoms with E-state index in [1.165, 1.54) is 0 Å². The van der Waals surface area contributed by atoms with E-state index in [1.807, 2.05) is 48.5 Å². The van der Waals surface area contributed by atoms with Crippen LogP contribution in [0.4, 0.5) is 0 Å². The van der Waals surface area contributed by atoms with Crippen molar-refractivity contribution in [1.29, 1.82) is 0 Å². The van der Waals surface area contributed by atoms with Crippen molar-refractivity contribution < 1.29 is 5.11 Å². The van der Waals surface area contributed by atoms with Gasteiger partial charge in [-0.15, -0.1) is 6.58 Å². The Bertz CT molecular complexity index is 508. The van der Waals surface area contributed by atoms with Crippen molar-refractivity contribution in [3.05, 3.63) is 78.1 Å². The zero-order valence-electron chi connectivity index (χ0n) is 10.3. The Morgan fingerprint density at radius 3 is 2.67 bits per heavy atom. The molecule has 0 amide bonds. The van der Waals surface area contributed by atoms with Crippen LogP contribution in [0.3, 0.4) is 0 Å². The Balaban J connectivity index is 2.29. The number of nitrogens with zero attached hydrogens (tertiary/aromatic N) is 1. The number of aliphatic hydroxyl groups excluding tert-OH is 1. The summed E-state index contributed by atoms with van der Waals surface area (Å²) < 4.78 is 0. The first-order valence-electron chi connectivity index (χ1n) is 6.10. The molecule has 1 aromatic carbocycles. The van der Waals surface area contributed by atoms with Gasteiger partial charge in [-0.3, -0.25) is 4.98 Å². The van der Waals surface area contributed by atoms with Gasteiger partial charge in [-0.25, -0.2) is 0 Å². The van der Waals surface area contributed by atoms with Crippen molar-refractivity contribution in [1.82, 2.24) is 4.98 Å². The highest BCUT2D eigenvalue weighted by molar-refractivity contribution is 5.32. The van der Waals surface area contributed by atoms with E-state index in [-0.39, 0.29) is 0 Å². The first kappa shape index (κ1) is 12.5. The molecule has 2 rings (SSSR count). The van der Waals surface area contributed by atoms with Gasteiger partial charge in [0.2, 0.25) is 0 Å². The second-order valence-corrected chi connectivity index (χ2v) is 4.18. The highest BCUT2D eigenvalue weighted by atomic mass is 16.3. The van der Waals surface area contributed by atoms with Gasteiger partial charge in [0.25, 0.3) is 0 Å². The second-order valence-electron chi connectivity index (χ2n) is 4.18. The fourth-order valence-electron chi connectivity index (χ4n) is 1.96. The molecule has 2 aromatic rings. The number of hydrogen-bond acceptors (Lipinski definition) is 2.